The Morgan fingerprint density at radius 2 is 2.12 bits per heavy atom. The highest BCUT2D eigenvalue weighted by molar-refractivity contribution is 7.99. The number of benzene rings is 1. The molecule has 0 aliphatic rings. The number of thioether (sulfide) groups is 1. The van der Waals surface area contributed by atoms with E-state index in [1.807, 2.05) is 13.0 Å². The van der Waals surface area contributed by atoms with Crippen LogP contribution in [0.4, 0.5) is 0 Å². The zero-order valence-electron chi connectivity index (χ0n) is 9.99. The van der Waals surface area contributed by atoms with Crippen LogP contribution in [0.2, 0.25) is 0 Å². The lowest BCUT2D eigenvalue weighted by molar-refractivity contribution is 0.0696. The molecule has 0 saturated carbocycles. The number of carboxylic acid groups (broad SMARTS) is 1. The highest BCUT2D eigenvalue weighted by atomic mass is 32.2. The summed E-state index contributed by atoms with van der Waals surface area (Å²) in [4.78, 5) is 11.9. The summed E-state index contributed by atoms with van der Waals surface area (Å²) < 4.78 is 0. The average molecular weight is 238 g/mol. The van der Waals surface area contributed by atoms with Gasteiger partial charge in [-0.25, -0.2) is 4.79 Å². The lowest BCUT2D eigenvalue weighted by Crippen LogP contribution is -1.97. The van der Waals surface area contributed by atoms with Crippen LogP contribution in [-0.2, 0) is 0 Å². The van der Waals surface area contributed by atoms with Gasteiger partial charge in [0.25, 0.3) is 0 Å². The van der Waals surface area contributed by atoms with Crippen LogP contribution in [0.3, 0.4) is 0 Å². The molecular formula is C13H18O2S. The van der Waals surface area contributed by atoms with Crippen molar-refractivity contribution < 1.29 is 9.90 Å². The molecule has 0 aliphatic carbocycles. The predicted octanol–water partition coefficient (Wildman–Crippen LogP) is 3.83. The van der Waals surface area contributed by atoms with Gasteiger partial charge in [-0.05, 0) is 48.8 Å². The Morgan fingerprint density at radius 3 is 2.62 bits per heavy atom. The van der Waals surface area contributed by atoms with Crippen molar-refractivity contribution in [2.24, 2.45) is 5.92 Å². The molecule has 0 bridgehead atoms. The first-order chi connectivity index (χ1) is 7.50. The first-order valence-electron chi connectivity index (χ1n) is 5.47. The van der Waals surface area contributed by atoms with E-state index in [0.29, 0.717) is 11.5 Å². The van der Waals surface area contributed by atoms with Crippen LogP contribution in [0.25, 0.3) is 0 Å². The third-order valence-corrected chi connectivity index (χ3v) is 3.58. The topological polar surface area (TPSA) is 37.3 Å². The molecule has 0 radical (unpaired) electrons. The molecule has 1 aromatic rings. The van der Waals surface area contributed by atoms with Gasteiger partial charge in [0.05, 0.1) is 5.56 Å². The summed E-state index contributed by atoms with van der Waals surface area (Å²) in [7, 11) is 0. The van der Waals surface area contributed by atoms with Gasteiger partial charge in [0.15, 0.2) is 0 Å². The monoisotopic (exact) mass is 238 g/mol. The van der Waals surface area contributed by atoms with Gasteiger partial charge in [0, 0.05) is 4.90 Å². The second-order valence-corrected chi connectivity index (χ2v) is 5.45. The minimum atomic E-state index is -0.859. The van der Waals surface area contributed by atoms with Gasteiger partial charge in [-0.3, -0.25) is 0 Å². The van der Waals surface area contributed by atoms with Crippen molar-refractivity contribution >= 4 is 17.7 Å². The van der Waals surface area contributed by atoms with Crippen LogP contribution in [-0.4, -0.2) is 16.8 Å². The van der Waals surface area contributed by atoms with Crippen LogP contribution < -0.4 is 0 Å². The Labute approximate surface area is 101 Å². The first-order valence-corrected chi connectivity index (χ1v) is 6.46. The third-order valence-electron chi connectivity index (χ3n) is 2.37. The van der Waals surface area contributed by atoms with Gasteiger partial charge in [-0.15, -0.1) is 11.8 Å². The summed E-state index contributed by atoms with van der Waals surface area (Å²) >= 11 is 1.80. The van der Waals surface area contributed by atoms with Gasteiger partial charge < -0.3 is 5.11 Å². The highest BCUT2D eigenvalue weighted by Crippen LogP contribution is 2.24. The average Bonchev–Trinajstić information content (AvgIpc) is 2.19. The van der Waals surface area contributed by atoms with Gasteiger partial charge >= 0.3 is 5.97 Å². The summed E-state index contributed by atoms with van der Waals surface area (Å²) in [6, 6.07) is 5.32. The van der Waals surface area contributed by atoms with E-state index in [2.05, 4.69) is 13.8 Å². The number of hydrogen-bond donors (Lipinski definition) is 1. The van der Waals surface area contributed by atoms with Gasteiger partial charge in [0.2, 0.25) is 0 Å². The molecule has 0 atom stereocenters. The Bertz CT molecular complexity index is 372. The van der Waals surface area contributed by atoms with E-state index < -0.39 is 5.97 Å². The zero-order chi connectivity index (χ0) is 12.1. The lowest BCUT2D eigenvalue weighted by Gasteiger charge is -2.07. The van der Waals surface area contributed by atoms with Crippen molar-refractivity contribution in [1.82, 2.24) is 0 Å². The van der Waals surface area contributed by atoms with Crippen LogP contribution in [0.15, 0.2) is 23.1 Å². The number of hydrogen-bond acceptors (Lipinski definition) is 2. The quantitative estimate of drug-likeness (QED) is 0.792. The molecule has 16 heavy (non-hydrogen) atoms. The molecule has 88 valence electrons. The zero-order valence-corrected chi connectivity index (χ0v) is 10.8. The van der Waals surface area contributed by atoms with E-state index in [-0.39, 0.29) is 0 Å². The van der Waals surface area contributed by atoms with E-state index in [0.717, 1.165) is 11.3 Å². The maximum absolute atomic E-state index is 10.8. The van der Waals surface area contributed by atoms with Crippen LogP contribution in [0, 0.1) is 12.8 Å². The maximum atomic E-state index is 10.8. The van der Waals surface area contributed by atoms with E-state index >= 15 is 0 Å². The number of aryl methyl sites for hydroxylation is 1. The fourth-order valence-electron chi connectivity index (χ4n) is 1.35. The minimum absolute atomic E-state index is 0.366. The number of carboxylic acids is 1. The molecule has 1 aromatic carbocycles. The fraction of sp³-hybridized carbons (Fsp3) is 0.462. The standard InChI is InChI=1S/C13H18O2S/c1-9(2)6-7-16-12-5-4-11(13(14)15)8-10(12)3/h4-5,8-9H,6-7H2,1-3H3,(H,14,15). The van der Waals surface area contributed by atoms with E-state index in [1.54, 1.807) is 23.9 Å². The molecule has 3 heteroatoms. The molecule has 0 saturated heterocycles. The number of aromatic carboxylic acids is 1. The molecular weight excluding hydrogens is 220 g/mol. The molecule has 0 aromatic heterocycles. The van der Waals surface area contributed by atoms with Crippen molar-refractivity contribution in [2.75, 3.05) is 5.75 Å². The molecule has 0 fully saturated rings. The first kappa shape index (κ1) is 13.1. The molecule has 0 amide bonds. The van der Waals surface area contributed by atoms with Crippen LogP contribution in [0.5, 0.6) is 0 Å². The SMILES string of the molecule is Cc1cc(C(=O)O)ccc1SCCC(C)C. The molecule has 1 N–H and O–H groups in total. The molecule has 0 spiro atoms. The van der Waals surface area contributed by atoms with E-state index in [1.165, 1.54) is 11.3 Å². The van der Waals surface area contributed by atoms with Gasteiger partial charge in [0.1, 0.15) is 0 Å². The maximum Gasteiger partial charge on any atom is 0.335 e. The minimum Gasteiger partial charge on any atom is -0.478 e. The fourth-order valence-corrected chi connectivity index (χ4v) is 2.61. The smallest absolute Gasteiger partial charge is 0.335 e. The Hall–Kier alpha value is -0.960. The van der Waals surface area contributed by atoms with Crippen LogP contribution >= 0.6 is 11.8 Å². The number of carbonyl (C=O) groups is 1. The summed E-state index contributed by atoms with van der Waals surface area (Å²) in [5.74, 6) is 0.943. The molecule has 0 heterocycles. The number of rotatable bonds is 5. The lowest BCUT2D eigenvalue weighted by atomic mass is 10.1. The predicted molar refractivity (Wildman–Crippen MR) is 68.3 cm³/mol. The van der Waals surface area contributed by atoms with Gasteiger partial charge in [-0.1, -0.05) is 13.8 Å². The Kier molecular flexibility index (Phi) is 4.87. The Balaban J connectivity index is 2.64. The van der Waals surface area contributed by atoms with Crippen LogP contribution in [0.1, 0.15) is 36.2 Å². The summed E-state index contributed by atoms with van der Waals surface area (Å²) in [5.41, 5.74) is 1.42. The van der Waals surface area contributed by atoms with Gasteiger partial charge in [-0.2, -0.15) is 0 Å². The highest BCUT2D eigenvalue weighted by Gasteiger charge is 2.06. The summed E-state index contributed by atoms with van der Waals surface area (Å²) in [5, 5.41) is 8.84. The van der Waals surface area contributed by atoms with Crippen molar-refractivity contribution in [3.05, 3.63) is 29.3 Å². The molecule has 0 unspecified atom stereocenters. The van der Waals surface area contributed by atoms with Crippen molar-refractivity contribution in [3.8, 4) is 0 Å². The van der Waals surface area contributed by atoms with Crippen molar-refractivity contribution in [1.29, 1.82) is 0 Å². The molecule has 1 rings (SSSR count). The van der Waals surface area contributed by atoms with Crippen molar-refractivity contribution in [3.63, 3.8) is 0 Å². The Morgan fingerprint density at radius 1 is 1.44 bits per heavy atom. The van der Waals surface area contributed by atoms with E-state index in [4.69, 9.17) is 5.11 Å². The second kappa shape index (κ2) is 5.94. The van der Waals surface area contributed by atoms with E-state index in [9.17, 15) is 4.79 Å². The molecule has 0 aliphatic heterocycles. The normalized spacial score (nSPS) is 10.8. The summed E-state index contributed by atoms with van der Waals surface area (Å²) in [6.45, 7) is 6.38. The van der Waals surface area contributed by atoms with Crippen molar-refractivity contribution in [2.45, 2.75) is 32.1 Å². The molecule has 2 nitrogen and oxygen atoms in total. The largest absolute Gasteiger partial charge is 0.478 e. The second-order valence-electron chi connectivity index (χ2n) is 4.32. The summed E-state index contributed by atoms with van der Waals surface area (Å²) in [6.07, 6.45) is 1.19. The third kappa shape index (κ3) is 3.89.